The van der Waals surface area contributed by atoms with Crippen molar-refractivity contribution in [1.82, 2.24) is 0 Å². The Bertz CT molecular complexity index is 1640. The zero-order valence-electron chi connectivity index (χ0n) is 23.4. The third-order valence-electron chi connectivity index (χ3n) is 6.82. The van der Waals surface area contributed by atoms with Crippen molar-refractivity contribution in [2.45, 2.75) is 19.8 Å². The van der Waals surface area contributed by atoms with Gasteiger partial charge >= 0.3 is 11.9 Å². The normalized spacial score (nSPS) is 11.8. The first-order chi connectivity index (χ1) is 20.2. The number of benzene rings is 4. The molecule has 0 spiro atoms. The number of carboxylic acid groups (broad SMARTS) is 1. The topological polar surface area (TPSA) is 144 Å². The van der Waals surface area contributed by atoms with Gasteiger partial charge in [0.15, 0.2) is 5.69 Å². The second-order valence-electron chi connectivity index (χ2n) is 9.42. The van der Waals surface area contributed by atoms with E-state index in [2.05, 4.69) is 10.2 Å². The summed E-state index contributed by atoms with van der Waals surface area (Å²) in [5.41, 5.74) is 1.50. The minimum Gasteiger partial charge on any atom is -0.497 e. The number of esters is 1. The van der Waals surface area contributed by atoms with Crippen LogP contribution in [0.1, 0.15) is 35.7 Å². The maximum Gasteiger partial charge on any atom is 0.335 e. The van der Waals surface area contributed by atoms with Gasteiger partial charge < -0.3 is 19.5 Å². The Kier molecular flexibility index (Phi) is 9.43. The first-order valence-corrected chi connectivity index (χ1v) is 13.2. The number of aromatic carboxylic acids is 1. The number of hydrogen-bond donors (Lipinski definition) is 1. The number of nitrogens with zero attached hydrogens (tertiary/aromatic N) is 4. The van der Waals surface area contributed by atoms with Gasteiger partial charge in [-0.2, -0.15) is 5.11 Å². The Morgan fingerprint density at radius 1 is 0.976 bits per heavy atom. The van der Waals surface area contributed by atoms with Gasteiger partial charge in [0, 0.05) is 18.3 Å². The highest BCUT2D eigenvalue weighted by Crippen LogP contribution is 2.31. The molecule has 0 aromatic heterocycles. The lowest BCUT2D eigenvalue weighted by Crippen LogP contribution is -2.28. The molecule has 1 N–H and O–H groups in total. The van der Waals surface area contributed by atoms with Crippen molar-refractivity contribution in [3.8, 4) is 5.75 Å². The molecular formula is C31H30N4O7. The maximum atomic E-state index is 12.8. The fraction of sp³-hybridized carbons (Fsp3) is 0.226. The number of fused-ring (bicyclic) bond motifs is 1. The molecule has 0 bridgehead atoms. The Balaban J connectivity index is 1.34. The zero-order chi connectivity index (χ0) is 30.2. The molecule has 11 nitrogen and oxygen atoms in total. The molecule has 0 fully saturated rings. The summed E-state index contributed by atoms with van der Waals surface area (Å²) in [6, 6.07) is 22.2. The summed E-state index contributed by atoms with van der Waals surface area (Å²) in [5, 5.41) is 30.5. The summed E-state index contributed by atoms with van der Waals surface area (Å²) in [4.78, 5) is 36.6. The SMILES string of the molecule is CCN(CCOC(=O)[C@@H](C)c1ccc2cc(OC)ccc2c1)c1ccc(N=Nc2ccc(C(=O)O)cc2[N+](=O)[O-])cc1. The molecule has 0 aliphatic heterocycles. The van der Waals surface area contributed by atoms with Gasteiger partial charge in [-0.3, -0.25) is 14.9 Å². The standard InChI is InChI=1S/C31H30N4O7/c1-4-34(15-16-42-31(38)20(2)21-5-6-23-18-27(41-3)13-7-22(23)17-21)26-11-9-25(10-12-26)32-33-28-14-8-24(30(36)37)19-29(28)35(39)40/h5-14,17-20H,4,15-16H2,1-3H3,(H,36,37)/t20-/m0/s1. The van der Waals surface area contributed by atoms with Crippen molar-refractivity contribution >= 4 is 45.5 Å². The summed E-state index contributed by atoms with van der Waals surface area (Å²) >= 11 is 0. The Hall–Kier alpha value is -5.32. The van der Waals surface area contributed by atoms with Crippen LogP contribution in [-0.4, -0.2) is 48.8 Å². The molecule has 0 amide bonds. The molecule has 42 heavy (non-hydrogen) atoms. The largest absolute Gasteiger partial charge is 0.497 e. The van der Waals surface area contributed by atoms with Crippen LogP contribution >= 0.6 is 0 Å². The predicted molar refractivity (Wildman–Crippen MR) is 158 cm³/mol. The third-order valence-corrected chi connectivity index (χ3v) is 6.82. The van der Waals surface area contributed by atoms with E-state index in [9.17, 15) is 19.7 Å². The molecule has 0 aliphatic carbocycles. The van der Waals surface area contributed by atoms with Gasteiger partial charge in [0.25, 0.3) is 5.69 Å². The third kappa shape index (κ3) is 7.05. The number of hydrogen-bond acceptors (Lipinski definition) is 9. The number of likely N-dealkylation sites (N-methyl/N-ethyl adjacent to an activating group) is 1. The number of rotatable bonds is 12. The molecule has 4 aromatic carbocycles. The fourth-order valence-electron chi connectivity index (χ4n) is 4.35. The molecular weight excluding hydrogens is 540 g/mol. The van der Waals surface area contributed by atoms with E-state index in [1.165, 1.54) is 12.1 Å². The molecule has 0 radical (unpaired) electrons. The number of azo groups is 1. The Morgan fingerprint density at radius 3 is 2.36 bits per heavy atom. The second kappa shape index (κ2) is 13.4. The fourth-order valence-corrected chi connectivity index (χ4v) is 4.35. The first kappa shape index (κ1) is 29.7. The lowest BCUT2D eigenvalue weighted by Gasteiger charge is -2.23. The van der Waals surface area contributed by atoms with Crippen LogP contribution in [-0.2, 0) is 9.53 Å². The van der Waals surface area contributed by atoms with Gasteiger partial charge in [-0.15, -0.1) is 5.11 Å². The van der Waals surface area contributed by atoms with E-state index in [0.29, 0.717) is 18.8 Å². The highest BCUT2D eigenvalue weighted by Gasteiger charge is 2.19. The molecule has 0 heterocycles. The van der Waals surface area contributed by atoms with Crippen molar-refractivity contribution in [2.75, 3.05) is 31.7 Å². The highest BCUT2D eigenvalue weighted by atomic mass is 16.6. The van der Waals surface area contributed by atoms with Crippen molar-refractivity contribution in [1.29, 1.82) is 0 Å². The van der Waals surface area contributed by atoms with Crippen LogP contribution in [0.15, 0.2) is 89.1 Å². The molecule has 216 valence electrons. The van der Waals surface area contributed by atoms with Crippen molar-refractivity contribution in [3.63, 3.8) is 0 Å². The number of carbonyl (C=O) groups is 2. The number of carboxylic acids is 1. The second-order valence-corrected chi connectivity index (χ2v) is 9.42. The van der Waals surface area contributed by atoms with Gasteiger partial charge in [0.05, 0.1) is 35.7 Å². The molecule has 0 unspecified atom stereocenters. The number of anilines is 1. The number of ether oxygens (including phenoxy) is 2. The molecule has 4 aromatic rings. The smallest absolute Gasteiger partial charge is 0.335 e. The molecule has 1 atom stereocenters. The lowest BCUT2D eigenvalue weighted by atomic mass is 9.98. The van der Waals surface area contributed by atoms with E-state index in [4.69, 9.17) is 14.6 Å². The quantitative estimate of drug-likeness (QED) is 0.0826. The van der Waals surface area contributed by atoms with Crippen molar-refractivity contribution in [2.24, 2.45) is 10.2 Å². The van der Waals surface area contributed by atoms with Crippen molar-refractivity contribution in [3.05, 3.63) is 100 Å². The summed E-state index contributed by atoms with van der Waals surface area (Å²) < 4.78 is 10.9. The van der Waals surface area contributed by atoms with Crippen molar-refractivity contribution < 1.29 is 29.1 Å². The van der Waals surface area contributed by atoms with Crippen LogP contribution in [0.25, 0.3) is 10.8 Å². The van der Waals surface area contributed by atoms with Crippen LogP contribution in [0.5, 0.6) is 5.75 Å². The first-order valence-electron chi connectivity index (χ1n) is 13.2. The van der Waals surface area contributed by atoms with E-state index in [0.717, 1.165) is 33.8 Å². The van der Waals surface area contributed by atoms with Crippen LogP contribution < -0.4 is 9.64 Å². The Labute approximate surface area is 242 Å². The van der Waals surface area contributed by atoms with E-state index < -0.39 is 22.5 Å². The Morgan fingerprint density at radius 2 is 1.69 bits per heavy atom. The van der Waals surface area contributed by atoms with Crippen LogP contribution in [0, 0.1) is 10.1 Å². The number of nitro groups is 1. The van der Waals surface area contributed by atoms with Crippen LogP contribution in [0.2, 0.25) is 0 Å². The van der Waals surface area contributed by atoms with E-state index >= 15 is 0 Å². The molecule has 0 saturated heterocycles. The van der Waals surface area contributed by atoms with Gasteiger partial charge in [-0.05, 0) is 78.7 Å². The monoisotopic (exact) mass is 570 g/mol. The van der Waals surface area contributed by atoms with Crippen LogP contribution in [0.3, 0.4) is 0 Å². The minimum atomic E-state index is -1.27. The highest BCUT2D eigenvalue weighted by molar-refractivity contribution is 5.89. The summed E-state index contributed by atoms with van der Waals surface area (Å²) in [7, 11) is 1.63. The minimum absolute atomic E-state index is 0.0516. The number of methoxy groups -OCH3 is 1. The molecule has 0 aliphatic rings. The number of carbonyl (C=O) groups excluding carboxylic acids is 1. The van der Waals surface area contributed by atoms with E-state index in [-0.39, 0.29) is 23.8 Å². The summed E-state index contributed by atoms with van der Waals surface area (Å²) in [6.07, 6.45) is 0. The molecule has 0 saturated carbocycles. The summed E-state index contributed by atoms with van der Waals surface area (Å²) in [6.45, 7) is 5.17. The van der Waals surface area contributed by atoms with Gasteiger partial charge in [-0.25, -0.2) is 4.79 Å². The lowest BCUT2D eigenvalue weighted by molar-refractivity contribution is -0.384. The zero-order valence-corrected chi connectivity index (χ0v) is 23.4. The molecule has 4 rings (SSSR count). The van der Waals surface area contributed by atoms with E-state index in [1.54, 1.807) is 19.2 Å². The average molecular weight is 571 g/mol. The number of nitro benzene ring substituents is 1. The molecule has 11 heteroatoms. The average Bonchev–Trinajstić information content (AvgIpc) is 3.01. The van der Waals surface area contributed by atoms with Gasteiger partial charge in [0.2, 0.25) is 0 Å². The van der Waals surface area contributed by atoms with Gasteiger partial charge in [0.1, 0.15) is 12.4 Å². The summed E-state index contributed by atoms with van der Waals surface area (Å²) in [5.74, 6) is -1.22. The maximum absolute atomic E-state index is 12.8. The van der Waals surface area contributed by atoms with E-state index in [1.807, 2.05) is 67.3 Å². The predicted octanol–water partition coefficient (Wildman–Crippen LogP) is 7.04. The van der Waals surface area contributed by atoms with Gasteiger partial charge in [-0.1, -0.05) is 24.3 Å². The van der Waals surface area contributed by atoms with Crippen LogP contribution in [0.4, 0.5) is 22.7 Å².